The average Bonchev–Trinajstić information content (AvgIpc) is 3.26. The Bertz CT molecular complexity index is 910. The highest BCUT2D eigenvalue weighted by Crippen LogP contribution is 2.30. The molecular weight excluding hydrogens is 316 g/mol. The Morgan fingerprint density at radius 3 is 2.74 bits per heavy atom. The molecular formula is C14H16N6O2S. The number of aromatic amines is 1. The third-order valence-corrected chi connectivity index (χ3v) is 6.17. The SMILES string of the molecule is O=S(=O)(c1cn[nH]c1)N1CCC(c2ccnc3ccnn23)CC1. The maximum Gasteiger partial charge on any atom is 0.246 e. The fraction of sp³-hybridized carbons (Fsp3) is 0.357. The molecule has 1 fully saturated rings. The van der Waals surface area contributed by atoms with E-state index in [9.17, 15) is 8.42 Å². The second-order valence-corrected chi connectivity index (χ2v) is 7.52. The van der Waals surface area contributed by atoms with Crippen LogP contribution in [0, 0.1) is 0 Å². The third kappa shape index (κ3) is 2.41. The van der Waals surface area contributed by atoms with Gasteiger partial charge in [0.2, 0.25) is 10.0 Å². The van der Waals surface area contributed by atoms with Gasteiger partial charge in [-0.15, -0.1) is 0 Å². The minimum atomic E-state index is -3.45. The summed E-state index contributed by atoms with van der Waals surface area (Å²) in [6, 6.07) is 3.83. The van der Waals surface area contributed by atoms with Gasteiger partial charge < -0.3 is 0 Å². The van der Waals surface area contributed by atoms with Crippen LogP contribution >= 0.6 is 0 Å². The van der Waals surface area contributed by atoms with Crippen molar-refractivity contribution in [1.29, 1.82) is 0 Å². The molecule has 1 saturated heterocycles. The number of rotatable bonds is 3. The van der Waals surface area contributed by atoms with E-state index >= 15 is 0 Å². The highest BCUT2D eigenvalue weighted by Gasteiger charge is 2.31. The van der Waals surface area contributed by atoms with Crippen molar-refractivity contribution in [2.75, 3.05) is 13.1 Å². The fourth-order valence-electron chi connectivity index (χ4n) is 3.08. The van der Waals surface area contributed by atoms with Crippen molar-refractivity contribution in [3.63, 3.8) is 0 Å². The number of piperidine rings is 1. The van der Waals surface area contributed by atoms with Crippen LogP contribution in [0.3, 0.4) is 0 Å². The number of nitrogens with one attached hydrogen (secondary N) is 1. The Morgan fingerprint density at radius 1 is 1.17 bits per heavy atom. The molecule has 4 heterocycles. The molecule has 1 aliphatic rings. The summed E-state index contributed by atoms with van der Waals surface area (Å²) in [6.45, 7) is 0.979. The molecule has 0 amide bonds. The van der Waals surface area contributed by atoms with Crippen LogP contribution in [-0.2, 0) is 10.0 Å². The second-order valence-electron chi connectivity index (χ2n) is 5.58. The van der Waals surface area contributed by atoms with Gasteiger partial charge in [-0.3, -0.25) is 5.10 Å². The van der Waals surface area contributed by atoms with E-state index in [1.807, 2.05) is 16.6 Å². The highest BCUT2D eigenvalue weighted by atomic mass is 32.2. The zero-order valence-corrected chi connectivity index (χ0v) is 13.1. The summed E-state index contributed by atoms with van der Waals surface area (Å²) in [7, 11) is -3.45. The monoisotopic (exact) mass is 332 g/mol. The lowest BCUT2D eigenvalue weighted by Crippen LogP contribution is -2.38. The largest absolute Gasteiger partial charge is 0.284 e. The first-order valence-corrected chi connectivity index (χ1v) is 8.88. The smallest absolute Gasteiger partial charge is 0.246 e. The zero-order chi connectivity index (χ0) is 15.9. The van der Waals surface area contributed by atoms with Crippen molar-refractivity contribution >= 4 is 15.7 Å². The van der Waals surface area contributed by atoms with E-state index in [-0.39, 0.29) is 10.8 Å². The van der Waals surface area contributed by atoms with Crippen molar-refractivity contribution in [2.45, 2.75) is 23.7 Å². The van der Waals surface area contributed by atoms with Gasteiger partial charge in [-0.1, -0.05) is 0 Å². The molecule has 0 spiro atoms. The Labute approximate surface area is 133 Å². The van der Waals surface area contributed by atoms with Gasteiger partial charge in [-0.2, -0.15) is 14.5 Å². The van der Waals surface area contributed by atoms with Crippen LogP contribution in [0.25, 0.3) is 5.65 Å². The Morgan fingerprint density at radius 2 is 2.00 bits per heavy atom. The van der Waals surface area contributed by atoms with Gasteiger partial charge in [0.15, 0.2) is 5.65 Å². The minimum Gasteiger partial charge on any atom is -0.284 e. The molecule has 1 aliphatic heterocycles. The van der Waals surface area contributed by atoms with Crippen LogP contribution in [0.5, 0.6) is 0 Å². The number of H-pyrrole nitrogens is 1. The molecule has 3 aromatic rings. The lowest BCUT2D eigenvalue weighted by Gasteiger charge is -2.31. The maximum absolute atomic E-state index is 12.5. The quantitative estimate of drug-likeness (QED) is 0.772. The Hall–Kier alpha value is -2.26. The predicted molar refractivity (Wildman–Crippen MR) is 82.3 cm³/mol. The van der Waals surface area contributed by atoms with Crippen LogP contribution in [0.1, 0.15) is 24.5 Å². The van der Waals surface area contributed by atoms with Gasteiger partial charge in [0.05, 0.1) is 12.4 Å². The second kappa shape index (κ2) is 5.43. The lowest BCUT2D eigenvalue weighted by atomic mass is 9.94. The van der Waals surface area contributed by atoms with Crippen LogP contribution in [0.2, 0.25) is 0 Å². The standard InChI is InChI=1S/C14H16N6O2S/c21-23(22,12-9-16-17-10-12)19-7-3-11(4-8-19)13-1-5-15-14-2-6-18-20(13)14/h1-2,5-6,9-11H,3-4,7-8H2,(H,16,17). The molecule has 3 aromatic heterocycles. The van der Waals surface area contributed by atoms with Crippen LogP contribution in [0.4, 0.5) is 0 Å². The molecule has 0 atom stereocenters. The van der Waals surface area contributed by atoms with E-state index in [1.54, 1.807) is 12.4 Å². The maximum atomic E-state index is 12.5. The Kier molecular flexibility index (Phi) is 3.38. The van der Waals surface area contributed by atoms with E-state index in [4.69, 9.17) is 0 Å². The molecule has 23 heavy (non-hydrogen) atoms. The van der Waals surface area contributed by atoms with Crippen LogP contribution in [0.15, 0.2) is 41.8 Å². The van der Waals surface area contributed by atoms with Crippen LogP contribution in [-0.4, -0.2) is 50.6 Å². The number of nitrogens with zero attached hydrogens (tertiary/aromatic N) is 5. The van der Waals surface area contributed by atoms with Crippen molar-refractivity contribution in [1.82, 2.24) is 29.1 Å². The van der Waals surface area contributed by atoms with E-state index in [0.717, 1.165) is 24.2 Å². The first-order chi connectivity index (χ1) is 11.2. The molecule has 0 saturated carbocycles. The predicted octanol–water partition coefficient (Wildman–Crippen LogP) is 1.02. The summed E-state index contributed by atoms with van der Waals surface area (Å²) in [4.78, 5) is 4.49. The van der Waals surface area contributed by atoms with E-state index in [2.05, 4.69) is 20.3 Å². The molecule has 120 valence electrons. The van der Waals surface area contributed by atoms with Crippen LogP contribution < -0.4 is 0 Å². The van der Waals surface area contributed by atoms with Crippen molar-refractivity contribution in [2.24, 2.45) is 0 Å². The number of sulfonamides is 1. The number of fused-ring (bicyclic) bond motifs is 1. The van der Waals surface area contributed by atoms with Gasteiger partial charge in [0, 0.05) is 43.2 Å². The fourth-order valence-corrected chi connectivity index (χ4v) is 4.46. The molecule has 8 nitrogen and oxygen atoms in total. The molecule has 0 bridgehead atoms. The average molecular weight is 332 g/mol. The van der Waals surface area contributed by atoms with Crippen molar-refractivity contribution in [3.05, 3.63) is 42.6 Å². The zero-order valence-electron chi connectivity index (χ0n) is 12.3. The van der Waals surface area contributed by atoms with Gasteiger partial charge in [0.25, 0.3) is 0 Å². The molecule has 0 aromatic carbocycles. The summed E-state index contributed by atoms with van der Waals surface area (Å²) >= 11 is 0. The van der Waals surface area contributed by atoms with E-state index < -0.39 is 10.0 Å². The summed E-state index contributed by atoms with van der Waals surface area (Å²) in [6.07, 6.45) is 7.78. The summed E-state index contributed by atoms with van der Waals surface area (Å²) < 4.78 is 28.4. The third-order valence-electron chi connectivity index (χ3n) is 4.30. The Balaban J connectivity index is 1.55. The molecule has 0 aliphatic carbocycles. The number of hydrogen-bond acceptors (Lipinski definition) is 5. The van der Waals surface area contributed by atoms with Gasteiger partial charge in [0.1, 0.15) is 4.90 Å². The molecule has 0 radical (unpaired) electrons. The molecule has 1 N–H and O–H groups in total. The number of hydrogen-bond donors (Lipinski definition) is 1. The normalized spacial score (nSPS) is 17.7. The van der Waals surface area contributed by atoms with E-state index in [0.29, 0.717) is 13.1 Å². The van der Waals surface area contributed by atoms with E-state index in [1.165, 1.54) is 16.7 Å². The van der Waals surface area contributed by atoms with Crippen molar-refractivity contribution < 1.29 is 8.42 Å². The van der Waals surface area contributed by atoms with Gasteiger partial charge in [-0.05, 0) is 18.9 Å². The minimum absolute atomic E-state index is 0.217. The highest BCUT2D eigenvalue weighted by molar-refractivity contribution is 7.89. The van der Waals surface area contributed by atoms with Gasteiger partial charge in [-0.25, -0.2) is 17.9 Å². The first-order valence-electron chi connectivity index (χ1n) is 7.44. The molecule has 9 heteroatoms. The van der Waals surface area contributed by atoms with Crippen molar-refractivity contribution in [3.8, 4) is 0 Å². The summed E-state index contributed by atoms with van der Waals surface area (Å²) in [5.41, 5.74) is 1.90. The van der Waals surface area contributed by atoms with Gasteiger partial charge >= 0.3 is 0 Å². The topological polar surface area (TPSA) is 96.2 Å². The number of aromatic nitrogens is 5. The molecule has 0 unspecified atom stereocenters. The summed E-state index contributed by atoms with van der Waals surface area (Å²) in [5.74, 6) is 0.274. The first kappa shape index (κ1) is 14.3. The summed E-state index contributed by atoms with van der Waals surface area (Å²) in [5, 5.41) is 10.6. The lowest BCUT2D eigenvalue weighted by molar-refractivity contribution is 0.314. The molecule has 4 rings (SSSR count).